The van der Waals surface area contributed by atoms with Gasteiger partial charge in [0.05, 0.1) is 0 Å². The molecule has 0 fully saturated rings. The van der Waals surface area contributed by atoms with Crippen molar-refractivity contribution in [2.24, 2.45) is 5.73 Å². The van der Waals surface area contributed by atoms with Gasteiger partial charge in [0.25, 0.3) is 0 Å². The Kier molecular flexibility index (Phi) is 2.84. The molecule has 1 nitrogen and oxygen atoms in total. The molecule has 2 aromatic rings. The fraction of sp³-hybridized carbons (Fsp3) is 0.167. The van der Waals surface area contributed by atoms with Crippen LogP contribution >= 0.6 is 11.3 Å². The molecule has 0 saturated heterocycles. The molecule has 2 N–H and O–H groups in total. The van der Waals surface area contributed by atoms with Gasteiger partial charge < -0.3 is 5.73 Å². The van der Waals surface area contributed by atoms with Crippen molar-refractivity contribution in [1.82, 2.24) is 0 Å². The first-order chi connectivity index (χ1) is 7.16. The minimum atomic E-state index is -0.206. The Balaban J connectivity index is 2.33. The van der Waals surface area contributed by atoms with Gasteiger partial charge in [-0.3, -0.25) is 0 Å². The fourth-order valence-corrected chi connectivity index (χ4v) is 2.33. The average Bonchev–Trinajstić information content (AvgIpc) is 2.68. The van der Waals surface area contributed by atoms with Crippen molar-refractivity contribution in [2.45, 2.75) is 13.0 Å². The van der Waals surface area contributed by atoms with Gasteiger partial charge in [-0.1, -0.05) is 12.1 Å². The normalized spacial score (nSPS) is 12.7. The molecule has 0 radical (unpaired) electrons. The van der Waals surface area contributed by atoms with Gasteiger partial charge in [0.2, 0.25) is 0 Å². The van der Waals surface area contributed by atoms with Crippen molar-refractivity contribution in [3.8, 4) is 10.4 Å². The first kappa shape index (κ1) is 10.3. The standard InChI is InChI=1S/C12H12FNS/c1-8(14)11-6-7-12(15-11)9-2-4-10(13)5-3-9/h2-8H,14H2,1H3. The number of benzene rings is 1. The van der Waals surface area contributed by atoms with E-state index < -0.39 is 0 Å². The van der Waals surface area contributed by atoms with Gasteiger partial charge in [-0.05, 0) is 36.8 Å². The van der Waals surface area contributed by atoms with Crippen LogP contribution in [0.25, 0.3) is 10.4 Å². The Bertz CT molecular complexity index is 445. The summed E-state index contributed by atoms with van der Waals surface area (Å²) in [7, 11) is 0. The molecule has 15 heavy (non-hydrogen) atoms. The molecule has 0 aliphatic rings. The van der Waals surface area contributed by atoms with Crippen LogP contribution in [0, 0.1) is 5.82 Å². The van der Waals surface area contributed by atoms with Gasteiger partial charge in [0.1, 0.15) is 5.82 Å². The second-order valence-electron chi connectivity index (χ2n) is 3.50. The van der Waals surface area contributed by atoms with Gasteiger partial charge in [-0.2, -0.15) is 0 Å². The van der Waals surface area contributed by atoms with Gasteiger partial charge in [0.15, 0.2) is 0 Å². The second-order valence-corrected chi connectivity index (χ2v) is 4.61. The van der Waals surface area contributed by atoms with E-state index >= 15 is 0 Å². The highest BCUT2D eigenvalue weighted by molar-refractivity contribution is 7.15. The highest BCUT2D eigenvalue weighted by Crippen LogP contribution is 2.30. The molecular weight excluding hydrogens is 209 g/mol. The summed E-state index contributed by atoms with van der Waals surface area (Å²) >= 11 is 1.65. The van der Waals surface area contributed by atoms with Crippen LogP contribution in [-0.4, -0.2) is 0 Å². The van der Waals surface area contributed by atoms with Gasteiger partial charge >= 0.3 is 0 Å². The summed E-state index contributed by atoms with van der Waals surface area (Å²) in [6.07, 6.45) is 0. The number of thiophene rings is 1. The zero-order valence-electron chi connectivity index (χ0n) is 8.41. The first-order valence-electron chi connectivity index (χ1n) is 4.78. The number of hydrogen-bond acceptors (Lipinski definition) is 2. The van der Waals surface area contributed by atoms with E-state index in [4.69, 9.17) is 5.73 Å². The van der Waals surface area contributed by atoms with Crippen LogP contribution in [-0.2, 0) is 0 Å². The summed E-state index contributed by atoms with van der Waals surface area (Å²) in [5.74, 6) is -0.206. The van der Waals surface area contributed by atoms with E-state index in [0.717, 1.165) is 15.3 Å². The van der Waals surface area contributed by atoms with Crippen LogP contribution in [0.4, 0.5) is 4.39 Å². The van der Waals surface area contributed by atoms with E-state index in [9.17, 15) is 4.39 Å². The summed E-state index contributed by atoms with van der Waals surface area (Å²) in [5, 5.41) is 0. The van der Waals surface area contributed by atoms with Crippen molar-refractivity contribution < 1.29 is 4.39 Å². The molecule has 78 valence electrons. The van der Waals surface area contributed by atoms with Gasteiger partial charge in [0, 0.05) is 15.8 Å². The molecule has 0 spiro atoms. The van der Waals surface area contributed by atoms with Crippen LogP contribution in [0.2, 0.25) is 0 Å². The predicted octanol–water partition coefficient (Wildman–Crippen LogP) is 3.57. The van der Waals surface area contributed by atoms with E-state index in [1.807, 2.05) is 19.1 Å². The van der Waals surface area contributed by atoms with E-state index in [2.05, 4.69) is 0 Å². The number of halogens is 1. The van der Waals surface area contributed by atoms with Crippen molar-refractivity contribution >= 4 is 11.3 Å². The molecule has 2 rings (SSSR count). The maximum absolute atomic E-state index is 12.7. The SMILES string of the molecule is CC(N)c1ccc(-c2ccc(F)cc2)s1. The molecule has 0 bridgehead atoms. The lowest BCUT2D eigenvalue weighted by Gasteiger charge is -1.99. The molecule has 3 heteroatoms. The minimum Gasteiger partial charge on any atom is -0.324 e. The molecular formula is C12H12FNS. The molecule has 0 saturated carbocycles. The topological polar surface area (TPSA) is 26.0 Å². The van der Waals surface area contributed by atoms with E-state index in [0.29, 0.717) is 0 Å². The second kappa shape index (κ2) is 4.13. The van der Waals surface area contributed by atoms with Crippen molar-refractivity contribution in [1.29, 1.82) is 0 Å². The molecule has 0 aliphatic carbocycles. The number of rotatable bonds is 2. The van der Waals surface area contributed by atoms with Gasteiger partial charge in [-0.25, -0.2) is 4.39 Å². The monoisotopic (exact) mass is 221 g/mol. The average molecular weight is 221 g/mol. The van der Waals surface area contributed by atoms with Crippen LogP contribution in [0.3, 0.4) is 0 Å². The molecule has 1 unspecified atom stereocenters. The first-order valence-corrected chi connectivity index (χ1v) is 5.60. The third kappa shape index (κ3) is 2.25. The van der Waals surface area contributed by atoms with E-state index in [1.54, 1.807) is 23.5 Å². The third-order valence-electron chi connectivity index (χ3n) is 2.20. The molecule has 1 aromatic heterocycles. The third-order valence-corrected chi connectivity index (χ3v) is 3.54. The maximum atomic E-state index is 12.7. The Labute approximate surface area is 92.4 Å². The van der Waals surface area contributed by atoms with Crippen LogP contribution in [0.1, 0.15) is 17.8 Å². The van der Waals surface area contributed by atoms with Crippen LogP contribution in [0.5, 0.6) is 0 Å². The highest BCUT2D eigenvalue weighted by Gasteiger charge is 2.05. The summed E-state index contributed by atoms with van der Waals surface area (Å²) in [4.78, 5) is 2.27. The Morgan fingerprint density at radius 2 is 1.80 bits per heavy atom. The number of hydrogen-bond donors (Lipinski definition) is 1. The smallest absolute Gasteiger partial charge is 0.123 e. The molecule has 0 amide bonds. The molecule has 1 heterocycles. The minimum absolute atomic E-state index is 0.0594. The quantitative estimate of drug-likeness (QED) is 0.824. The molecule has 1 atom stereocenters. The largest absolute Gasteiger partial charge is 0.324 e. The lowest BCUT2D eigenvalue weighted by atomic mass is 10.2. The fourth-order valence-electron chi connectivity index (χ4n) is 1.37. The van der Waals surface area contributed by atoms with E-state index in [-0.39, 0.29) is 11.9 Å². The highest BCUT2D eigenvalue weighted by atomic mass is 32.1. The van der Waals surface area contributed by atoms with Crippen molar-refractivity contribution in [3.05, 3.63) is 47.1 Å². The number of nitrogens with two attached hydrogens (primary N) is 1. The summed E-state index contributed by atoms with van der Waals surface area (Å²) < 4.78 is 12.7. The summed E-state index contributed by atoms with van der Waals surface area (Å²) in [6.45, 7) is 1.96. The lowest BCUT2D eigenvalue weighted by molar-refractivity contribution is 0.628. The van der Waals surface area contributed by atoms with Crippen LogP contribution < -0.4 is 5.73 Å². The Hall–Kier alpha value is -1.19. The van der Waals surface area contributed by atoms with E-state index in [1.165, 1.54) is 12.1 Å². The van der Waals surface area contributed by atoms with Crippen molar-refractivity contribution in [2.75, 3.05) is 0 Å². The Morgan fingerprint density at radius 1 is 1.13 bits per heavy atom. The zero-order chi connectivity index (χ0) is 10.8. The van der Waals surface area contributed by atoms with Gasteiger partial charge in [-0.15, -0.1) is 11.3 Å². The summed E-state index contributed by atoms with van der Waals surface area (Å²) in [5.41, 5.74) is 6.82. The maximum Gasteiger partial charge on any atom is 0.123 e. The predicted molar refractivity (Wildman–Crippen MR) is 62.3 cm³/mol. The molecule has 0 aliphatic heterocycles. The van der Waals surface area contributed by atoms with Crippen LogP contribution in [0.15, 0.2) is 36.4 Å². The van der Waals surface area contributed by atoms with Crippen molar-refractivity contribution in [3.63, 3.8) is 0 Å². The zero-order valence-corrected chi connectivity index (χ0v) is 9.22. The summed E-state index contributed by atoms with van der Waals surface area (Å²) in [6, 6.07) is 10.6. The Morgan fingerprint density at radius 3 is 2.33 bits per heavy atom. The lowest BCUT2D eigenvalue weighted by Crippen LogP contribution is -2.01. The molecule has 1 aromatic carbocycles.